The van der Waals surface area contributed by atoms with Crippen LogP contribution in [0.25, 0.3) is 0 Å². The lowest BCUT2D eigenvalue weighted by atomic mass is 10.0. The molecule has 2 amide bonds. The van der Waals surface area contributed by atoms with Gasteiger partial charge in [-0.3, -0.25) is 9.63 Å². The van der Waals surface area contributed by atoms with Crippen molar-refractivity contribution in [3.8, 4) is 17.2 Å². The average Bonchev–Trinajstić information content (AvgIpc) is 2.92. The highest BCUT2D eigenvalue weighted by molar-refractivity contribution is 5.85. The number of alkyl carbamates (subject to hydrolysis) is 1. The van der Waals surface area contributed by atoms with E-state index in [0.717, 1.165) is 16.2 Å². The van der Waals surface area contributed by atoms with Gasteiger partial charge in [-0.05, 0) is 56.2 Å². The number of carbonyl (C=O) groups is 2. The Balaban J connectivity index is 0.00000260. The molecule has 1 unspecified atom stereocenters. The molecule has 8 nitrogen and oxygen atoms in total. The lowest BCUT2D eigenvalue weighted by Gasteiger charge is -2.25. The highest BCUT2D eigenvalue weighted by Gasteiger charge is 2.27. The van der Waals surface area contributed by atoms with E-state index in [0.29, 0.717) is 23.9 Å². The normalized spacial score (nSPS) is 11.4. The maximum Gasteiger partial charge on any atom is 0.408 e. The van der Waals surface area contributed by atoms with Crippen LogP contribution in [0, 0.1) is 0 Å². The van der Waals surface area contributed by atoms with Gasteiger partial charge in [0.15, 0.2) is 11.5 Å². The molecule has 39 heavy (non-hydrogen) atoms. The number of para-hydroxylation sites is 2. The van der Waals surface area contributed by atoms with Crippen LogP contribution in [0.1, 0.15) is 45.7 Å². The summed E-state index contributed by atoms with van der Waals surface area (Å²) in [6.07, 6.45) is -0.484. The summed E-state index contributed by atoms with van der Waals surface area (Å²) in [7, 11) is 2.87. The topological polar surface area (TPSA) is 86.3 Å². The molecule has 0 aliphatic carbocycles. The molecule has 3 aromatic rings. The maximum atomic E-state index is 12.9. The lowest BCUT2D eigenvalue weighted by Crippen LogP contribution is -2.49. The van der Waals surface area contributed by atoms with E-state index in [9.17, 15) is 9.59 Å². The summed E-state index contributed by atoms with van der Waals surface area (Å²) in [6.45, 7) is 9.68. The third kappa shape index (κ3) is 10.7. The molecule has 1 atom stereocenters. The van der Waals surface area contributed by atoms with Gasteiger partial charge in [0.05, 0.1) is 7.11 Å². The average molecular weight is 537 g/mol. The van der Waals surface area contributed by atoms with E-state index in [1.165, 1.54) is 14.2 Å². The van der Waals surface area contributed by atoms with Crippen molar-refractivity contribution in [2.24, 2.45) is 0 Å². The molecular formula is C31H40N2O6. The Bertz CT molecular complexity index is 1180. The Labute approximate surface area is 231 Å². The Morgan fingerprint density at radius 3 is 2.13 bits per heavy atom. The smallest absolute Gasteiger partial charge is 0.408 e. The molecule has 0 aromatic heterocycles. The van der Waals surface area contributed by atoms with Gasteiger partial charge in [-0.15, -0.1) is 0 Å². The summed E-state index contributed by atoms with van der Waals surface area (Å²) in [5.41, 5.74) is 1.13. The van der Waals surface area contributed by atoms with Crippen molar-refractivity contribution >= 4 is 12.0 Å². The van der Waals surface area contributed by atoms with Crippen LogP contribution in [0.3, 0.4) is 0 Å². The minimum absolute atomic E-state index is 0.204. The number of amides is 2. The SMILES string of the molecule is CC.CON(C)C(=O)C(Cc1cccc(Oc2ccccc2OCc2ccccc2)c1)NC(=O)OC(C)(C)C. The first-order valence-electron chi connectivity index (χ1n) is 13.0. The summed E-state index contributed by atoms with van der Waals surface area (Å²) in [4.78, 5) is 30.3. The first-order chi connectivity index (χ1) is 18.6. The van der Waals surface area contributed by atoms with Gasteiger partial charge in [0.2, 0.25) is 0 Å². The van der Waals surface area contributed by atoms with Crippen molar-refractivity contribution in [3.63, 3.8) is 0 Å². The second-order valence-corrected chi connectivity index (χ2v) is 9.39. The molecule has 3 rings (SSSR count). The Kier molecular flexibility index (Phi) is 12.3. The number of benzene rings is 3. The van der Waals surface area contributed by atoms with E-state index < -0.39 is 23.6 Å². The first kappa shape index (κ1) is 31.2. The standard InChI is InChI=1S/C29H34N2O6.C2H6/c1-29(2,3)37-28(33)30-24(27(32)31(4)34-5)19-22-14-11-15-23(18-22)36-26-17-10-9-16-25(26)35-20-21-12-7-6-8-13-21;1-2/h6-18,24H,19-20H2,1-5H3,(H,30,33);1-2H3. The molecule has 0 aliphatic heterocycles. The van der Waals surface area contributed by atoms with Crippen molar-refractivity contribution in [3.05, 3.63) is 90.0 Å². The van der Waals surface area contributed by atoms with Gasteiger partial charge in [0.25, 0.3) is 5.91 Å². The van der Waals surface area contributed by atoms with Crippen LogP contribution in [0.5, 0.6) is 17.2 Å². The largest absolute Gasteiger partial charge is 0.485 e. The summed E-state index contributed by atoms with van der Waals surface area (Å²) in [6, 6.07) is 23.7. The van der Waals surface area contributed by atoms with E-state index >= 15 is 0 Å². The van der Waals surface area contributed by atoms with Crippen molar-refractivity contribution in [1.82, 2.24) is 10.4 Å². The zero-order chi connectivity index (χ0) is 28.8. The number of hydroxylamine groups is 2. The summed E-state index contributed by atoms with van der Waals surface area (Å²) in [5, 5.41) is 3.73. The van der Waals surface area contributed by atoms with Crippen LogP contribution >= 0.6 is 0 Å². The van der Waals surface area contributed by atoms with Crippen molar-refractivity contribution < 1.29 is 28.6 Å². The fourth-order valence-corrected chi connectivity index (χ4v) is 3.45. The molecule has 1 N–H and O–H groups in total. The Morgan fingerprint density at radius 2 is 1.49 bits per heavy atom. The monoisotopic (exact) mass is 536 g/mol. The van der Waals surface area contributed by atoms with E-state index in [2.05, 4.69) is 5.32 Å². The zero-order valence-corrected chi connectivity index (χ0v) is 23.9. The quantitative estimate of drug-likeness (QED) is 0.296. The lowest BCUT2D eigenvalue weighted by molar-refractivity contribution is -0.171. The number of nitrogens with zero attached hydrogens (tertiary/aromatic N) is 1. The number of rotatable bonds is 10. The Morgan fingerprint density at radius 1 is 0.872 bits per heavy atom. The molecular weight excluding hydrogens is 496 g/mol. The molecule has 0 aliphatic rings. The van der Waals surface area contributed by atoms with Crippen LogP contribution in [-0.4, -0.2) is 42.9 Å². The molecule has 0 saturated carbocycles. The third-order valence-corrected chi connectivity index (χ3v) is 5.23. The van der Waals surface area contributed by atoms with E-state index in [1.807, 2.05) is 92.7 Å². The predicted molar refractivity (Wildman–Crippen MR) is 152 cm³/mol. The minimum atomic E-state index is -0.906. The second kappa shape index (κ2) is 15.4. The number of carbonyl (C=O) groups excluding carboxylic acids is 2. The summed E-state index contributed by atoms with van der Waals surface area (Å²) < 4.78 is 17.5. The summed E-state index contributed by atoms with van der Waals surface area (Å²) >= 11 is 0. The zero-order valence-electron chi connectivity index (χ0n) is 23.9. The Hall–Kier alpha value is -4.04. The maximum absolute atomic E-state index is 12.9. The predicted octanol–water partition coefficient (Wildman–Crippen LogP) is 6.54. The second-order valence-electron chi connectivity index (χ2n) is 9.39. The van der Waals surface area contributed by atoms with Gasteiger partial charge in [-0.1, -0.05) is 68.4 Å². The highest BCUT2D eigenvalue weighted by Crippen LogP contribution is 2.32. The van der Waals surface area contributed by atoms with E-state index in [4.69, 9.17) is 19.0 Å². The van der Waals surface area contributed by atoms with Crippen LogP contribution in [0.4, 0.5) is 4.79 Å². The van der Waals surface area contributed by atoms with Crippen molar-refractivity contribution in [2.75, 3.05) is 14.2 Å². The van der Waals surface area contributed by atoms with E-state index in [-0.39, 0.29) is 6.42 Å². The van der Waals surface area contributed by atoms with E-state index in [1.54, 1.807) is 20.8 Å². The fraction of sp³-hybridized carbons (Fsp3) is 0.355. The van der Waals surface area contributed by atoms with Crippen molar-refractivity contribution in [2.45, 2.75) is 59.3 Å². The molecule has 210 valence electrons. The molecule has 3 aromatic carbocycles. The molecule has 0 bridgehead atoms. The third-order valence-electron chi connectivity index (χ3n) is 5.23. The number of ether oxygens (including phenoxy) is 3. The molecule has 0 heterocycles. The van der Waals surface area contributed by atoms with Crippen molar-refractivity contribution in [1.29, 1.82) is 0 Å². The van der Waals surface area contributed by atoms with Gasteiger partial charge in [0, 0.05) is 13.5 Å². The van der Waals surface area contributed by atoms with Crippen LogP contribution in [-0.2, 0) is 27.4 Å². The molecule has 0 fully saturated rings. The first-order valence-corrected chi connectivity index (χ1v) is 13.0. The van der Waals surface area contributed by atoms with Gasteiger partial charge in [0.1, 0.15) is 24.0 Å². The fourth-order valence-electron chi connectivity index (χ4n) is 3.45. The van der Waals surface area contributed by atoms with Gasteiger partial charge in [-0.2, -0.15) is 0 Å². The number of hydrogen-bond acceptors (Lipinski definition) is 6. The van der Waals surface area contributed by atoms with Gasteiger partial charge in [-0.25, -0.2) is 9.86 Å². The number of nitrogens with one attached hydrogen (secondary N) is 1. The van der Waals surface area contributed by atoms with Crippen LogP contribution < -0.4 is 14.8 Å². The molecule has 0 radical (unpaired) electrons. The summed E-state index contributed by atoms with van der Waals surface area (Å²) in [5.74, 6) is 1.32. The van der Waals surface area contributed by atoms with Crippen LogP contribution in [0.15, 0.2) is 78.9 Å². The van der Waals surface area contributed by atoms with Gasteiger partial charge < -0.3 is 19.5 Å². The molecule has 0 saturated heterocycles. The highest BCUT2D eigenvalue weighted by atomic mass is 16.7. The molecule has 8 heteroatoms. The number of hydrogen-bond donors (Lipinski definition) is 1. The van der Waals surface area contributed by atoms with Crippen LogP contribution in [0.2, 0.25) is 0 Å². The van der Waals surface area contributed by atoms with Gasteiger partial charge >= 0.3 is 6.09 Å². The minimum Gasteiger partial charge on any atom is -0.485 e. The molecule has 0 spiro atoms. The number of likely N-dealkylation sites (N-methyl/N-ethyl adjacent to an activating group) is 1.